The highest BCUT2D eigenvalue weighted by Crippen LogP contribution is 2.39. The Bertz CT molecular complexity index is 1200. The minimum Gasteiger partial charge on any atom is -0.455 e. The fraction of sp³-hybridized carbons (Fsp3) is 0.0455. The fourth-order valence-corrected chi connectivity index (χ4v) is 3.54. The number of fused-ring (bicyclic) bond motifs is 5. The van der Waals surface area contributed by atoms with Crippen LogP contribution in [0.1, 0.15) is 5.56 Å². The molecule has 24 heavy (non-hydrogen) atoms. The minimum atomic E-state index is 0.917. The van der Waals surface area contributed by atoms with E-state index < -0.39 is 0 Å². The molecule has 0 unspecified atom stereocenters. The third-order valence-corrected chi connectivity index (χ3v) is 4.66. The van der Waals surface area contributed by atoms with E-state index in [-0.39, 0.29) is 0 Å². The number of furan rings is 1. The van der Waals surface area contributed by atoms with Gasteiger partial charge in [0.25, 0.3) is 0 Å². The highest BCUT2D eigenvalue weighted by molar-refractivity contribution is 6.20. The summed E-state index contributed by atoms with van der Waals surface area (Å²) in [5.74, 6) is 0. The Hall–Kier alpha value is -3.13. The molecule has 5 rings (SSSR count). The van der Waals surface area contributed by atoms with Gasteiger partial charge in [0, 0.05) is 22.5 Å². The predicted molar refractivity (Wildman–Crippen MR) is 99.2 cm³/mol. The van der Waals surface area contributed by atoms with Crippen molar-refractivity contribution in [1.29, 1.82) is 0 Å². The lowest BCUT2D eigenvalue weighted by Gasteiger charge is -2.05. The van der Waals surface area contributed by atoms with Gasteiger partial charge in [-0.05, 0) is 41.5 Å². The summed E-state index contributed by atoms with van der Waals surface area (Å²) in [4.78, 5) is 4.53. The van der Waals surface area contributed by atoms with Crippen molar-refractivity contribution in [3.63, 3.8) is 0 Å². The summed E-state index contributed by atoms with van der Waals surface area (Å²) in [6.07, 6.45) is 1.83. The van der Waals surface area contributed by atoms with E-state index in [1.165, 1.54) is 21.7 Å². The Balaban J connectivity index is 1.99. The van der Waals surface area contributed by atoms with Crippen LogP contribution in [0.15, 0.2) is 77.3 Å². The van der Waals surface area contributed by atoms with Crippen LogP contribution in [0.2, 0.25) is 0 Å². The van der Waals surface area contributed by atoms with Crippen LogP contribution in [0.25, 0.3) is 44.0 Å². The van der Waals surface area contributed by atoms with Gasteiger partial charge >= 0.3 is 0 Å². The van der Waals surface area contributed by atoms with Gasteiger partial charge in [0.05, 0.1) is 5.69 Å². The molecule has 0 aliphatic carbocycles. The van der Waals surface area contributed by atoms with Gasteiger partial charge in [0.2, 0.25) is 0 Å². The molecule has 0 aliphatic heterocycles. The lowest BCUT2D eigenvalue weighted by Crippen LogP contribution is -1.87. The van der Waals surface area contributed by atoms with Gasteiger partial charge < -0.3 is 4.42 Å². The minimum absolute atomic E-state index is 0.917. The van der Waals surface area contributed by atoms with Crippen molar-refractivity contribution in [3.05, 3.63) is 78.5 Å². The van der Waals surface area contributed by atoms with Crippen LogP contribution in [0, 0.1) is 6.92 Å². The Labute approximate surface area is 139 Å². The van der Waals surface area contributed by atoms with E-state index in [4.69, 9.17) is 4.42 Å². The summed E-state index contributed by atoms with van der Waals surface area (Å²) in [5.41, 5.74) is 5.04. The quantitative estimate of drug-likeness (QED) is 0.373. The van der Waals surface area contributed by atoms with Crippen LogP contribution >= 0.6 is 0 Å². The van der Waals surface area contributed by atoms with Crippen LogP contribution in [0.4, 0.5) is 0 Å². The van der Waals surface area contributed by atoms with Crippen LogP contribution in [0.3, 0.4) is 0 Å². The van der Waals surface area contributed by atoms with Crippen LogP contribution in [-0.4, -0.2) is 4.98 Å². The molecule has 3 aromatic carbocycles. The predicted octanol–water partition coefficient (Wildman–Crippen LogP) is 6.11. The molecule has 5 aromatic rings. The summed E-state index contributed by atoms with van der Waals surface area (Å²) in [7, 11) is 0. The van der Waals surface area contributed by atoms with Gasteiger partial charge in [0.15, 0.2) is 0 Å². The standard InChI is InChI=1S/C22H15NO/c1-14-9-11-17-21-16-7-3-2-6-15(16)10-12-19(21)24-22(17)20(14)18-8-4-5-13-23-18/h2-13H,1H3. The second-order valence-corrected chi connectivity index (χ2v) is 6.11. The van der Waals surface area contributed by atoms with E-state index in [1.807, 2.05) is 24.4 Å². The van der Waals surface area contributed by atoms with Gasteiger partial charge in [0.1, 0.15) is 11.2 Å². The second kappa shape index (κ2) is 4.93. The molecule has 2 heteroatoms. The molecule has 2 aromatic heterocycles. The average molecular weight is 309 g/mol. The SMILES string of the molecule is Cc1ccc2c(oc3ccc4ccccc4c32)c1-c1ccccn1. The van der Waals surface area contributed by atoms with Gasteiger partial charge in [-0.1, -0.05) is 48.5 Å². The maximum atomic E-state index is 6.29. The first kappa shape index (κ1) is 13.3. The molecule has 114 valence electrons. The van der Waals surface area contributed by atoms with Crippen molar-refractivity contribution in [2.45, 2.75) is 6.92 Å². The third kappa shape index (κ3) is 1.80. The molecule has 0 bridgehead atoms. The second-order valence-electron chi connectivity index (χ2n) is 6.11. The molecule has 2 nitrogen and oxygen atoms in total. The molecule has 0 aliphatic rings. The molecule has 0 saturated heterocycles. The van der Waals surface area contributed by atoms with Crippen LogP contribution < -0.4 is 0 Å². The molecule has 0 atom stereocenters. The number of pyridine rings is 1. The van der Waals surface area contributed by atoms with Crippen molar-refractivity contribution in [2.24, 2.45) is 0 Å². The van der Waals surface area contributed by atoms with Crippen molar-refractivity contribution in [1.82, 2.24) is 4.98 Å². The number of rotatable bonds is 1. The first-order valence-electron chi connectivity index (χ1n) is 8.08. The Morgan fingerprint density at radius 2 is 1.67 bits per heavy atom. The van der Waals surface area contributed by atoms with Gasteiger partial charge in [-0.25, -0.2) is 0 Å². The first-order chi connectivity index (χ1) is 11.8. The molecule has 2 heterocycles. The van der Waals surface area contributed by atoms with Crippen molar-refractivity contribution >= 4 is 32.7 Å². The molecule has 0 spiro atoms. The highest BCUT2D eigenvalue weighted by atomic mass is 16.3. The fourth-order valence-electron chi connectivity index (χ4n) is 3.54. The summed E-state index contributed by atoms with van der Waals surface area (Å²) in [5, 5.41) is 4.78. The number of aryl methyl sites for hydroxylation is 1. The molecule has 0 fully saturated rings. The van der Waals surface area contributed by atoms with E-state index in [1.54, 1.807) is 0 Å². The highest BCUT2D eigenvalue weighted by Gasteiger charge is 2.16. The van der Waals surface area contributed by atoms with E-state index >= 15 is 0 Å². The number of benzene rings is 3. The Kier molecular flexibility index (Phi) is 2.74. The van der Waals surface area contributed by atoms with E-state index in [9.17, 15) is 0 Å². The average Bonchev–Trinajstić information content (AvgIpc) is 3.01. The number of nitrogens with zero attached hydrogens (tertiary/aromatic N) is 1. The van der Waals surface area contributed by atoms with Gasteiger partial charge in [-0.3, -0.25) is 4.98 Å². The van der Waals surface area contributed by atoms with E-state index in [2.05, 4.69) is 60.4 Å². The topological polar surface area (TPSA) is 26.0 Å². The van der Waals surface area contributed by atoms with Gasteiger partial charge in [-0.2, -0.15) is 0 Å². The van der Waals surface area contributed by atoms with E-state index in [0.29, 0.717) is 0 Å². The van der Waals surface area contributed by atoms with Gasteiger partial charge in [-0.15, -0.1) is 0 Å². The van der Waals surface area contributed by atoms with Crippen molar-refractivity contribution < 1.29 is 4.42 Å². The monoisotopic (exact) mass is 309 g/mol. The first-order valence-corrected chi connectivity index (χ1v) is 8.08. The van der Waals surface area contributed by atoms with E-state index in [0.717, 1.165) is 27.8 Å². The number of hydrogen-bond donors (Lipinski definition) is 0. The molecular formula is C22H15NO. The zero-order valence-electron chi connectivity index (χ0n) is 13.3. The maximum absolute atomic E-state index is 6.29. The molecular weight excluding hydrogens is 294 g/mol. The third-order valence-electron chi connectivity index (χ3n) is 4.66. The lowest BCUT2D eigenvalue weighted by molar-refractivity contribution is 0.670. The number of aromatic nitrogens is 1. The van der Waals surface area contributed by atoms with Crippen molar-refractivity contribution in [3.8, 4) is 11.3 Å². The maximum Gasteiger partial charge on any atom is 0.145 e. The Morgan fingerprint density at radius 3 is 2.54 bits per heavy atom. The summed E-state index contributed by atoms with van der Waals surface area (Å²) in [6.45, 7) is 2.11. The zero-order valence-corrected chi connectivity index (χ0v) is 13.3. The summed E-state index contributed by atoms with van der Waals surface area (Å²) < 4.78 is 6.29. The summed E-state index contributed by atoms with van der Waals surface area (Å²) in [6, 6.07) is 22.9. The van der Waals surface area contributed by atoms with Crippen LogP contribution in [-0.2, 0) is 0 Å². The smallest absolute Gasteiger partial charge is 0.145 e. The van der Waals surface area contributed by atoms with Crippen LogP contribution in [0.5, 0.6) is 0 Å². The largest absolute Gasteiger partial charge is 0.455 e. The van der Waals surface area contributed by atoms with Crippen molar-refractivity contribution in [2.75, 3.05) is 0 Å². The molecule has 0 N–H and O–H groups in total. The zero-order chi connectivity index (χ0) is 16.1. The molecule has 0 amide bonds. The Morgan fingerprint density at radius 1 is 0.792 bits per heavy atom. The lowest BCUT2D eigenvalue weighted by atomic mass is 9.99. The summed E-state index contributed by atoms with van der Waals surface area (Å²) >= 11 is 0. The normalized spacial score (nSPS) is 11.5. The molecule has 0 saturated carbocycles. The number of hydrogen-bond acceptors (Lipinski definition) is 2. The molecule has 0 radical (unpaired) electrons.